The lowest BCUT2D eigenvalue weighted by Gasteiger charge is -2.22. The van der Waals surface area contributed by atoms with E-state index in [1.807, 2.05) is 0 Å². The lowest BCUT2D eigenvalue weighted by molar-refractivity contribution is 0.292. The van der Waals surface area contributed by atoms with E-state index in [9.17, 15) is 0 Å². The molecular formula is C20H32N2. The first-order valence-electron chi connectivity index (χ1n) is 8.88. The highest BCUT2D eigenvalue weighted by Crippen LogP contribution is 2.22. The van der Waals surface area contributed by atoms with Crippen LogP contribution in [0, 0.1) is 0 Å². The van der Waals surface area contributed by atoms with Crippen molar-refractivity contribution < 1.29 is 0 Å². The van der Waals surface area contributed by atoms with Crippen LogP contribution in [0.25, 0.3) is 0 Å². The molecule has 1 heterocycles. The average molecular weight is 300 g/mol. The summed E-state index contributed by atoms with van der Waals surface area (Å²) < 4.78 is 0. The van der Waals surface area contributed by atoms with Crippen molar-refractivity contribution in [3.05, 3.63) is 47.6 Å². The fourth-order valence-electron chi connectivity index (χ4n) is 3.41. The van der Waals surface area contributed by atoms with Crippen LogP contribution in [0.1, 0.15) is 46.0 Å². The monoisotopic (exact) mass is 300 g/mol. The van der Waals surface area contributed by atoms with Gasteiger partial charge in [0.25, 0.3) is 0 Å². The summed E-state index contributed by atoms with van der Waals surface area (Å²) in [5, 5.41) is 3.77. The Morgan fingerprint density at radius 2 is 2.18 bits per heavy atom. The van der Waals surface area contributed by atoms with Gasteiger partial charge >= 0.3 is 0 Å². The molecule has 22 heavy (non-hydrogen) atoms. The van der Waals surface area contributed by atoms with Gasteiger partial charge in [-0.25, -0.2) is 0 Å². The summed E-state index contributed by atoms with van der Waals surface area (Å²) in [4.78, 5) is 2.59. The minimum absolute atomic E-state index is 0.508. The summed E-state index contributed by atoms with van der Waals surface area (Å²) in [5.41, 5.74) is 4.20. The summed E-state index contributed by atoms with van der Waals surface area (Å²) in [6, 6.07) is 0.508. The Labute approximate surface area is 136 Å². The summed E-state index contributed by atoms with van der Waals surface area (Å²) in [5.74, 6) is 0. The van der Waals surface area contributed by atoms with Crippen LogP contribution in [-0.2, 0) is 0 Å². The van der Waals surface area contributed by atoms with E-state index in [-0.39, 0.29) is 0 Å². The Bertz CT molecular complexity index is 456. The van der Waals surface area contributed by atoms with Crippen LogP contribution in [0.5, 0.6) is 0 Å². The van der Waals surface area contributed by atoms with E-state index in [4.69, 9.17) is 0 Å². The van der Waals surface area contributed by atoms with Crippen molar-refractivity contribution >= 4 is 0 Å². The molecule has 1 saturated heterocycles. The van der Waals surface area contributed by atoms with Gasteiger partial charge in [0.2, 0.25) is 0 Å². The third kappa shape index (κ3) is 5.26. The lowest BCUT2D eigenvalue weighted by Crippen LogP contribution is -2.32. The van der Waals surface area contributed by atoms with Crippen LogP contribution in [-0.4, -0.2) is 37.1 Å². The second-order valence-electron chi connectivity index (χ2n) is 6.52. The molecule has 1 fully saturated rings. The molecule has 2 rings (SSSR count). The number of hydrogen-bond donors (Lipinski definition) is 1. The van der Waals surface area contributed by atoms with Gasteiger partial charge in [-0.1, -0.05) is 49.0 Å². The van der Waals surface area contributed by atoms with Crippen molar-refractivity contribution in [2.24, 2.45) is 0 Å². The quantitative estimate of drug-likeness (QED) is 0.839. The minimum Gasteiger partial charge on any atom is -0.309 e. The summed E-state index contributed by atoms with van der Waals surface area (Å²) >= 11 is 0. The fraction of sp³-hybridized carbons (Fsp3) is 0.600. The van der Waals surface area contributed by atoms with Crippen molar-refractivity contribution in [2.45, 2.75) is 52.0 Å². The molecule has 2 nitrogen and oxygen atoms in total. The van der Waals surface area contributed by atoms with Crippen LogP contribution >= 0.6 is 0 Å². The maximum atomic E-state index is 4.11. The Morgan fingerprint density at radius 1 is 1.32 bits per heavy atom. The molecule has 0 amide bonds. The molecule has 0 aromatic rings. The van der Waals surface area contributed by atoms with Gasteiger partial charge in [-0.3, -0.25) is 0 Å². The number of rotatable bonds is 3. The second kappa shape index (κ2) is 9.12. The zero-order chi connectivity index (χ0) is 15.8. The SMILES string of the molecule is C=C1C=CC/C=C([C@@H]2CCN(CCC)CCN2)\C(C)=C\CC1. The molecule has 0 bridgehead atoms. The van der Waals surface area contributed by atoms with Crippen LogP contribution in [0.2, 0.25) is 0 Å². The highest BCUT2D eigenvalue weighted by Gasteiger charge is 2.20. The van der Waals surface area contributed by atoms with Gasteiger partial charge in [0, 0.05) is 19.1 Å². The number of allylic oxidation sites excluding steroid dienone is 5. The van der Waals surface area contributed by atoms with Crippen molar-refractivity contribution in [3.63, 3.8) is 0 Å². The molecule has 0 unspecified atom stereocenters. The van der Waals surface area contributed by atoms with Gasteiger partial charge < -0.3 is 10.2 Å². The number of nitrogens with one attached hydrogen (secondary N) is 1. The summed E-state index contributed by atoms with van der Waals surface area (Å²) in [6.07, 6.45) is 14.9. The largest absolute Gasteiger partial charge is 0.309 e. The first-order valence-corrected chi connectivity index (χ1v) is 8.88. The van der Waals surface area contributed by atoms with E-state index in [0.717, 1.165) is 25.8 Å². The van der Waals surface area contributed by atoms with Gasteiger partial charge in [-0.2, -0.15) is 0 Å². The third-order valence-electron chi connectivity index (χ3n) is 4.67. The van der Waals surface area contributed by atoms with Crippen LogP contribution in [0.15, 0.2) is 47.6 Å². The molecule has 0 aromatic carbocycles. The lowest BCUT2D eigenvalue weighted by atomic mass is 9.93. The van der Waals surface area contributed by atoms with E-state index in [1.54, 1.807) is 0 Å². The molecular weight excluding hydrogens is 268 g/mol. The van der Waals surface area contributed by atoms with Crippen LogP contribution in [0.4, 0.5) is 0 Å². The first kappa shape index (κ1) is 17.2. The summed E-state index contributed by atoms with van der Waals surface area (Å²) in [7, 11) is 0. The molecule has 2 aliphatic rings. The van der Waals surface area contributed by atoms with E-state index in [2.05, 4.69) is 54.9 Å². The molecule has 122 valence electrons. The molecule has 1 atom stereocenters. The normalized spacial score (nSPS) is 30.1. The molecule has 1 aliphatic carbocycles. The number of nitrogens with zero attached hydrogens (tertiary/aromatic N) is 1. The maximum absolute atomic E-state index is 4.11. The zero-order valence-electron chi connectivity index (χ0n) is 14.4. The maximum Gasteiger partial charge on any atom is 0.0332 e. The van der Waals surface area contributed by atoms with E-state index >= 15 is 0 Å². The first-order chi connectivity index (χ1) is 10.7. The smallest absolute Gasteiger partial charge is 0.0332 e. The van der Waals surface area contributed by atoms with Crippen molar-refractivity contribution in [1.29, 1.82) is 0 Å². The van der Waals surface area contributed by atoms with Crippen LogP contribution in [0.3, 0.4) is 0 Å². The molecule has 0 saturated carbocycles. The zero-order valence-corrected chi connectivity index (χ0v) is 14.4. The van der Waals surface area contributed by atoms with Crippen molar-refractivity contribution in [3.8, 4) is 0 Å². The van der Waals surface area contributed by atoms with Gasteiger partial charge in [-0.15, -0.1) is 0 Å². The van der Waals surface area contributed by atoms with E-state index in [1.165, 1.54) is 49.2 Å². The van der Waals surface area contributed by atoms with Gasteiger partial charge in [0.05, 0.1) is 0 Å². The Hall–Kier alpha value is -1.12. The molecule has 0 aromatic heterocycles. The van der Waals surface area contributed by atoms with Gasteiger partial charge in [0.1, 0.15) is 0 Å². The van der Waals surface area contributed by atoms with Gasteiger partial charge in [-0.05, 0) is 57.7 Å². The molecule has 0 radical (unpaired) electrons. The molecule has 1 N–H and O–H groups in total. The molecule has 2 heteroatoms. The van der Waals surface area contributed by atoms with Crippen LogP contribution < -0.4 is 5.32 Å². The molecule has 0 spiro atoms. The summed E-state index contributed by atoms with van der Waals surface area (Å²) in [6.45, 7) is 13.4. The fourth-order valence-corrected chi connectivity index (χ4v) is 3.41. The highest BCUT2D eigenvalue weighted by atomic mass is 15.2. The van der Waals surface area contributed by atoms with Crippen molar-refractivity contribution in [2.75, 3.05) is 26.2 Å². The van der Waals surface area contributed by atoms with E-state index < -0.39 is 0 Å². The number of hydrogen-bond acceptors (Lipinski definition) is 2. The topological polar surface area (TPSA) is 15.3 Å². The highest BCUT2D eigenvalue weighted by molar-refractivity contribution is 5.35. The standard InChI is InChI=1S/C20H32N2/c1-4-14-22-15-12-20(21-13-16-22)19-11-6-5-8-17(2)9-7-10-18(19)3/h5,8,10-11,20-21H,2,4,6-7,9,12-16H2,1,3H3/b8-5?,18-10+,19-11+/t20-/m0/s1. The van der Waals surface area contributed by atoms with Gasteiger partial charge in [0.15, 0.2) is 0 Å². The Morgan fingerprint density at radius 3 is 3.00 bits per heavy atom. The predicted octanol–water partition coefficient (Wildman–Crippen LogP) is 4.23. The third-order valence-corrected chi connectivity index (χ3v) is 4.67. The van der Waals surface area contributed by atoms with E-state index in [0.29, 0.717) is 6.04 Å². The average Bonchev–Trinajstić information content (AvgIpc) is 2.73. The predicted molar refractivity (Wildman–Crippen MR) is 97.1 cm³/mol. The Balaban J connectivity index is 2.08. The Kier molecular flexibility index (Phi) is 7.14. The second-order valence-corrected chi connectivity index (χ2v) is 6.52. The van der Waals surface area contributed by atoms with Crippen molar-refractivity contribution in [1.82, 2.24) is 10.2 Å². The minimum atomic E-state index is 0.508. The molecule has 1 aliphatic heterocycles.